The topological polar surface area (TPSA) is 80.4 Å². The Kier molecular flexibility index (Phi) is 7.70. The maximum atomic E-state index is 15.6. The van der Waals surface area contributed by atoms with E-state index in [0.29, 0.717) is 9.92 Å². The number of benzene rings is 2. The summed E-state index contributed by atoms with van der Waals surface area (Å²) in [4.78, 5) is 0.552. The number of hydrogen-bond donors (Lipinski definition) is 2. The first-order valence-electron chi connectivity index (χ1n) is 9.96. The van der Waals surface area contributed by atoms with E-state index in [-0.39, 0.29) is 29.3 Å². The van der Waals surface area contributed by atoms with Gasteiger partial charge in [-0.25, -0.2) is 22.2 Å². The van der Waals surface area contributed by atoms with Crippen LogP contribution in [-0.4, -0.2) is 55.6 Å². The molecule has 13 heteroatoms. The van der Waals surface area contributed by atoms with Gasteiger partial charge < -0.3 is 14.9 Å². The minimum absolute atomic E-state index is 0.0127. The van der Waals surface area contributed by atoms with Crippen LogP contribution < -0.4 is 0 Å². The molecule has 1 saturated heterocycles. The smallest absolute Gasteiger partial charge is 0.194 e. The summed E-state index contributed by atoms with van der Waals surface area (Å²) < 4.78 is 62.9. The number of alkyl halides is 1. The minimum atomic E-state index is -1.82. The molecule has 1 aromatic heterocycles. The highest BCUT2D eigenvalue weighted by Crippen LogP contribution is 2.41. The Morgan fingerprint density at radius 1 is 1.09 bits per heavy atom. The van der Waals surface area contributed by atoms with E-state index in [0.717, 1.165) is 28.6 Å². The van der Waals surface area contributed by atoms with Gasteiger partial charge in [-0.05, 0) is 36.8 Å². The standard InChI is InChI=1S/C21H17Cl2F4N3O3S/c22-11-2-1-10(7-12(11)23)34-21-18(27)19(20(32)16(33-21)3-4-31)30-8-15(28-29-30)9-5-13(24)17(26)14(25)6-9/h1-2,5-8,16,18-21,31-32H,3-4H2/t16-,18-,19-,20+,21-/m1/s1. The summed E-state index contributed by atoms with van der Waals surface area (Å²) in [5, 5.41) is 28.3. The summed E-state index contributed by atoms with van der Waals surface area (Å²) in [6.45, 7) is -0.327. The number of nitrogens with zero attached hydrogens (tertiary/aromatic N) is 3. The molecule has 2 aromatic carbocycles. The summed E-state index contributed by atoms with van der Waals surface area (Å²) >= 11 is 13.0. The number of halogens is 6. The molecule has 2 heterocycles. The third kappa shape index (κ3) is 5.05. The van der Waals surface area contributed by atoms with Crippen molar-refractivity contribution >= 4 is 35.0 Å². The van der Waals surface area contributed by atoms with Crippen LogP contribution in [0.5, 0.6) is 0 Å². The van der Waals surface area contributed by atoms with Crippen molar-refractivity contribution in [1.29, 1.82) is 0 Å². The number of aliphatic hydroxyl groups excluding tert-OH is 2. The van der Waals surface area contributed by atoms with Crippen LogP contribution in [0.1, 0.15) is 12.5 Å². The Morgan fingerprint density at radius 3 is 2.44 bits per heavy atom. The van der Waals surface area contributed by atoms with Gasteiger partial charge in [0.2, 0.25) is 0 Å². The lowest BCUT2D eigenvalue weighted by molar-refractivity contribution is -0.153. The third-order valence-electron chi connectivity index (χ3n) is 5.28. The van der Waals surface area contributed by atoms with E-state index in [2.05, 4.69) is 10.3 Å². The zero-order valence-corrected chi connectivity index (χ0v) is 19.4. The molecule has 0 bridgehead atoms. The molecule has 4 rings (SSSR count). The lowest BCUT2D eigenvalue weighted by Gasteiger charge is -2.41. The summed E-state index contributed by atoms with van der Waals surface area (Å²) in [6.07, 6.45) is -2.99. The van der Waals surface area contributed by atoms with E-state index in [1.807, 2.05) is 0 Å². The number of aromatic nitrogens is 3. The fourth-order valence-corrected chi connectivity index (χ4v) is 5.05. The van der Waals surface area contributed by atoms with E-state index in [4.69, 9.17) is 27.9 Å². The molecule has 6 nitrogen and oxygen atoms in total. The van der Waals surface area contributed by atoms with Crippen molar-refractivity contribution in [2.75, 3.05) is 6.61 Å². The van der Waals surface area contributed by atoms with E-state index >= 15 is 4.39 Å². The Bertz CT molecular complexity index is 1160. The van der Waals surface area contributed by atoms with Crippen molar-refractivity contribution < 1.29 is 32.5 Å². The lowest BCUT2D eigenvalue weighted by Crippen LogP contribution is -2.52. The number of aliphatic hydroxyl groups is 2. The quantitative estimate of drug-likeness (QED) is 0.347. The molecule has 2 N–H and O–H groups in total. The van der Waals surface area contributed by atoms with E-state index in [9.17, 15) is 23.4 Å². The maximum Gasteiger partial charge on any atom is 0.194 e. The average molecular weight is 538 g/mol. The molecule has 0 radical (unpaired) electrons. The Morgan fingerprint density at radius 2 is 1.79 bits per heavy atom. The second-order valence-corrected chi connectivity index (χ2v) is 9.50. The SMILES string of the molecule is OCC[C@H]1O[C@H](Sc2ccc(Cl)c(Cl)c2)[C@H](F)[C@@H](n2cc(-c3cc(F)c(F)c(F)c3)nn2)[C@H]1O. The van der Waals surface area contributed by atoms with Crippen molar-refractivity contribution in [1.82, 2.24) is 15.0 Å². The summed E-state index contributed by atoms with van der Waals surface area (Å²) in [7, 11) is 0. The van der Waals surface area contributed by atoms with Crippen molar-refractivity contribution in [3.05, 3.63) is 64.0 Å². The zero-order chi connectivity index (χ0) is 24.6. The van der Waals surface area contributed by atoms with Gasteiger partial charge in [-0.3, -0.25) is 0 Å². The number of hydrogen-bond acceptors (Lipinski definition) is 6. The number of thioether (sulfide) groups is 1. The molecule has 1 aliphatic rings. The summed E-state index contributed by atoms with van der Waals surface area (Å²) in [5.74, 6) is -4.46. The first kappa shape index (κ1) is 25.2. The monoisotopic (exact) mass is 537 g/mol. The largest absolute Gasteiger partial charge is 0.396 e. The minimum Gasteiger partial charge on any atom is -0.396 e. The highest BCUT2D eigenvalue weighted by Gasteiger charge is 2.47. The molecule has 1 aliphatic heterocycles. The van der Waals surface area contributed by atoms with Gasteiger partial charge in [-0.15, -0.1) is 5.10 Å². The van der Waals surface area contributed by atoms with Crippen LogP contribution in [0.15, 0.2) is 41.4 Å². The van der Waals surface area contributed by atoms with Gasteiger partial charge in [0.05, 0.1) is 22.3 Å². The van der Waals surface area contributed by atoms with Gasteiger partial charge in [0.15, 0.2) is 23.6 Å². The van der Waals surface area contributed by atoms with Crippen molar-refractivity contribution in [2.24, 2.45) is 0 Å². The van der Waals surface area contributed by atoms with Gasteiger partial charge in [0.25, 0.3) is 0 Å². The molecule has 0 spiro atoms. The molecule has 3 aromatic rings. The molecule has 0 saturated carbocycles. The molecular weight excluding hydrogens is 521 g/mol. The van der Waals surface area contributed by atoms with E-state index in [1.165, 1.54) is 12.3 Å². The normalized spacial score (nSPS) is 25.0. The van der Waals surface area contributed by atoms with Crippen molar-refractivity contribution in [3.8, 4) is 11.3 Å². The molecule has 5 atom stereocenters. The Hall–Kier alpha value is -1.89. The lowest BCUT2D eigenvalue weighted by atomic mass is 9.96. The molecule has 0 aliphatic carbocycles. The van der Waals surface area contributed by atoms with Crippen LogP contribution in [0, 0.1) is 17.5 Å². The molecule has 0 unspecified atom stereocenters. The first-order valence-corrected chi connectivity index (χ1v) is 11.6. The van der Waals surface area contributed by atoms with Crippen molar-refractivity contribution in [3.63, 3.8) is 0 Å². The summed E-state index contributed by atoms with van der Waals surface area (Å²) in [5.41, 5.74) is -1.31. The fourth-order valence-electron chi connectivity index (χ4n) is 3.60. The van der Waals surface area contributed by atoms with E-state index in [1.54, 1.807) is 12.1 Å². The molecule has 1 fully saturated rings. The maximum absolute atomic E-state index is 15.6. The van der Waals surface area contributed by atoms with Gasteiger partial charge in [-0.2, -0.15) is 0 Å². The van der Waals surface area contributed by atoms with Crippen molar-refractivity contribution in [2.45, 2.75) is 41.2 Å². The summed E-state index contributed by atoms with van der Waals surface area (Å²) in [6, 6.07) is 4.87. The average Bonchev–Trinajstić information content (AvgIpc) is 3.27. The van der Waals surface area contributed by atoms with E-state index < -0.39 is 47.3 Å². The van der Waals surface area contributed by atoms with Gasteiger partial charge in [-0.1, -0.05) is 40.2 Å². The Labute approximate surface area is 205 Å². The second-order valence-electron chi connectivity index (χ2n) is 7.51. The number of rotatable bonds is 6. The highest BCUT2D eigenvalue weighted by atomic mass is 35.5. The number of ether oxygens (including phenoxy) is 1. The predicted molar refractivity (Wildman–Crippen MR) is 118 cm³/mol. The highest BCUT2D eigenvalue weighted by molar-refractivity contribution is 7.99. The predicted octanol–water partition coefficient (Wildman–Crippen LogP) is 4.81. The Balaban J connectivity index is 1.64. The van der Waals surface area contributed by atoms with Crippen LogP contribution in [0.3, 0.4) is 0 Å². The van der Waals surface area contributed by atoms with Crippen LogP contribution in [0.2, 0.25) is 10.0 Å². The third-order valence-corrected chi connectivity index (χ3v) is 7.15. The van der Waals surface area contributed by atoms with Gasteiger partial charge >= 0.3 is 0 Å². The second kappa shape index (κ2) is 10.4. The molecule has 34 heavy (non-hydrogen) atoms. The fraction of sp³-hybridized carbons (Fsp3) is 0.333. The van der Waals surface area contributed by atoms with Crippen LogP contribution >= 0.6 is 35.0 Å². The van der Waals surface area contributed by atoms with Gasteiger partial charge in [0, 0.05) is 17.1 Å². The molecular formula is C21H17Cl2F4N3O3S. The zero-order valence-electron chi connectivity index (χ0n) is 17.1. The van der Waals surface area contributed by atoms with Crippen LogP contribution in [0.25, 0.3) is 11.3 Å². The van der Waals surface area contributed by atoms with Gasteiger partial charge in [0.1, 0.15) is 23.3 Å². The van der Waals surface area contributed by atoms with Crippen LogP contribution in [-0.2, 0) is 4.74 Å². The molecule has 0 amide bonds. The van der Waals surface area contributed by atoms with Crippen LogP contribution in [0.4, 0.5) is 17.6 Å². The first-order chi connectivity index (χ1) is 16.2. The molecule has 182 valence electrons.